The lowest BCUT2D eigenvalue weighted by molar-refractivity contribution is 0.0747. The highest BCUT2D eigenvalue weighted by Gasteiger charge is 2.33. The summed E-state index contributed by atoms with van der Waals surface area (Å²) in [5.41, 5.74) is 2.68. The summed E-state index contributed by atoms with van der Waals surface area (Å²) in [7, 11) is -1.27. The molecule has 20 heavy (non-hydrogen) atoms. The fourth-order valence-corrected chi connectivity index (χ4v) is 4.72. The van der Waals surface area contributed by atoms with Crippen LogP contribution in [-0.4, -0.2) is 48.4 Å². The van der Waals surface area contributed by atoms with Crippen molar-refractivity contribution in [3.63, 3.8) is 0 Å². The van der Waals surface area contributed by atoms with E-state index >= 15 is 0 Å². The molecule has 1 aliphatic rings. The number of carbonyl (C=O) groups excluding carboxylic acids is 1. The summed E-state index contributed by atoms with van der Waals surface area (Å²) in [5, 5.41) is 0. The predicted molar refractivity (Wildman–Crippen MR) is 78.7 cm³/mol. The molecule has 0 aliphatic carbocycles. The van der Waals surface area contributed by atoms with Crippen LogP contribution in [0.15, 0.2) is 6.07 Å². The van der Waals surface area contributed by atoms with Crippen LogP contribution >= 0.6 is 0 Å². The fourth-order valence-electron chi connectivity index (χ4n) is 2.94. The third-order valence-electron chi connectivity index (χ3n) is 4.20. The van der Waals surface area contributed by atoms with E-state index in [2.05, 4.69) is 4.57 Å². The Hall–Kier alpha value is -1.30. The first-order chi connectivity index (χ1) is 9.26. The van der Waals surface area contributed by atoms with Crippen molar-refractivity contribution < 1.29 is 13.2 Å². The molecule has 1 fully saturated rings. The minimum absolute atomic E-state index is 0.0834. The topological polar surface area (TPSA) is 59.4 Å². The normalized spacial score (nSPS) is 21.1. The van der Waals surface area contributed by atoms with E-state index in [0.29, 0.717) is 12.0 Å². The van der Waals surface area contributed by atoms with Crippen LogP contribution < -0.4 is 0 Å². The van der Waals surface area contributed by atoms with E-state index in [4.69, 9.17) is 0 Å². The molecular formula is C14H22N2O3S. The van der Waals surface area contributed by atoms with Gasteiger partial charge in [0.1, 0.15) is 0 Å². The van der Waals surface area contributed by atoms with Gasteiger partial charge in [0.05, 0.1) is 17.1 Å². The van der Waals surface area contributed by atoms with Crippen LogP contribution in [0.1, 0.15) is 35.1 Å². The lowest BCUT2D eigenvalue weighted by Crippen LogP contribution is -2.38. The van der Waals surface area contributed by atoms with Gasteiger partial charge in [0.15, 0.2) is 9.84 Å². The molecule has 2 heterocycles. The average molecular weight is 298 g/mol. The first-order valence-electron chi connectivity index (χ1n) is 6.91. The molecule has 0 aromatic carbocycles. The Kier molecular flexibility index (Phi) is 3.95. The summed E-state index contributed by atoms with van der Waals surface area (Å²) in [6.07, 6.45) is 0.539. The third-order valence-corrected chi connectivity index (χ3v) is 5.95. The summed E-state index contributed by atoms with van der Waals surface area (Å²) in [6, 6.07) is 1.69. The second kappa shape index (κ2) is 5.24. The monoisotopic (exact) mass is 298 g/mol. The van der Waals surface area contributed by atoms with Crippen molar-refractivity contribution in [3.05, 3.63) is 23.0 Å². The number of carbonyl (C=O) groups is 1. The summed E-state index contributed by atoms with van der Waals surface area (Å²) < 4.78 is 25.2. The number of amides is 1. The van der Waals surface area contributed by atoms with Gasteiger partial charge >= 0.3 is 0 Å². The Morgan fingerprint density at radius 1 is 1.45 bits per heavy atom. The van der Waals surface area contributed by atoms with Crippen molar-refractivity contribution in [2.75, 3.05) is 18.6 Å². The minimum atomic E-state index is -2.97. The maximum absolute atomic E-state index is 12.6. The molecule has 0 bridgehead atoms. The third kappa shape index (κ3) is 2.61. The zero-order valence-electron chi connectivity index (χ0n) is 12.5. The number of rotatable bonds is 3. The van der Waals surface area contributed by atoms with Crippen molar-refractivity contribution in [3.8, 4) is 0 Å². The van der Waals surface area contributed by atoms with Crippen molar-refractivity contribution >= 4 is 15.7 Å². The highest BCUT2D eigenvalue weighted by Crippen LogP contribution is 2.21. The summed E-state index contributed by atoms with van der Waals surface area (Å²) in [4.78, 5) is 14.2. The van der Waals surface area contributed by atoms with Gasteiger partial charge in [0.25, 0.3) is 5.91 Å². The van der Waals surface area contributed by atoms with Crippen molar-refractivity contribution in [1.29, 1.82) is 0 Å². The van der Waals surface area contributed by atoms with E-state index in [-0.39, 0.29) is 23.5 Å². The molecule has 1 saturated heterocycles. The van der Waals surface area contributed by atoms with Gasteiger partial charge in [-0.25, -0.2) is 8.42 Å². The van der Waals surface area contributed by atoms with E-state index in [1.807, 2.05) is 26.8 Å². The second-order valence-electron chi connectivity index (χ2n) is 5.50. The molecule has 0 radical (unpaired) electrons. The molecule has 0 saturated carbocycles. The van der Waals surface area contributed by atoms with Gasteiger partial charge in [-0.1, -0.05) is 0 Å². The molecular weight excluding hydrogens is 276 g/mol. The lowest BCUT2D eigenvalue weighted by atomic mass is 10.1. The van der Waals surface area contributed by atoms with E-state index in [9.17, 15) is 13.2 Å². The van der Waals surface area contributed by atoms with Gasteiger partial charge in [-0.2, -0.15) is 0 Å². The van der Waals surface area contributed by atoms with E-state index in [0.717, 1.165) is 17.9 Å². The smallest absolute Gasteiger partial charge is 0.255 e. The standard InChI is InChI=1S/C14H22N2O3S/c1-5-16-10(2)8-13(11(16)3)14(17)15(4)12-6-7-20(18,19)9-12/h8,12H,5-7,9H2,1-4H3. The van der Waals surface area contributed by atoms with Gasteiger partial charge in [-0.05, 0) is 33.3 Å². The molecule has 2 rings (SSSR count). The van der Waals surface area contributed by atoms with Gasteiger partial charge in [-0.15, -0.1) is 0 Å². The Labute approximate surface area is 120 Å². The molecule has 6 heteroatoms. The van der Waals surface area contributed by atoms with Gasteiger partial charge in [0.2, 0.25) is 0 Å². The minimum Gasteiger partial charge on any atom is -0.349 e. The van der Waals surface area contributed by atoms with Crippen LogP contribution in [0.4, 0.5) is 0 Å². The molecule has 1 atom stereocenters. The molecule has 1 amide bonds. The number of hydrogen-bond acceptors (Lipinski definition) is 3. The molecule has 1 unspecified atom stereocenters. The van der Waals surface area contributed by atoms with Crippen LogP contribution in [0.25, 0.3) is 0 Å². The number of aryl methyl sites for hydroxylation is 1. The van der Waals surface area contributed by atoms with Gasteiger partial charge in [-0.3, -0.25) is 4.79 Å². The Morgan fingerprint density at radius 2 is 2.10 bits per heavy atom. The van der Waals surface area contributed by atoms with Gasteiger partial charge < -0.3 is 9.47 Å². The quantitative estimate of drug-likeness (QED) is 0.847. The molecule has 1 aromatic rings. The zero-order valence-corrected chi connectivity index (χ0v) is 13.3. The largest absolute Gasteiger partial charge is 0.349 e. The van der Waals surface area contributed by atoms with Crippen LogP contribution in [0.3, 0.4) is 0 Å². The van der Waals surface area contributed by atoms with Crippen LogP contribution in [0.5, 0.6) is 0 Å². The van der Waals surface area contributed by atoms with Crippen LogP contribution in [0.2, 0.25) is 0 Å². The molecule has 0 spiro atoms. The Balaban J connectivity index is 2.24. The fraction of sp³-hybridized carbons (Fsp3) is 0.643. The first-order valence-corrected chi connectivity index (χ1v) is 8.73. The number of nitrogens with zero attached hydrogens (tertiary/aromatic N) is 2. The summed E-state index contributed by atoms with van der Waals surface area (Å²) in [6.45, 7) is 6.78. The second-order valence-corrected chi connectivity index (χ2v) is 7.73. The average Bonchev–Trinajstić information content (AvgIpc) is 2.88. The van der Waals surface area contributed by atoms with Crippen LogP contribution in [0, 0.1) is 13.8 Å². The summed E-state index contributed by atoms with van der Waals surface area (Å²) in [5.74, 6) is 0.185. The number of hydrogen-bond donors (Lipinski definition) is 0. The van der Waals surface area contributed by atoms with Gasteiger partial charge in [0, 0.05) is 31.0 Å². The zero-order chi connectivity index (χ0) is 15.1. The van der Waals surface area contributed by atoms with Crippen LogP contribution in [-0.2, 0) is 16.4 Å². The predicted octanol–water partition coefficient (Wildman–Crippen LogP) is 1.38. The molecule has 1 aliphatic heterocycles. The SMILES string of the molecule is CCn1c(C)cc(C(=O)N(C)C2CCS(=O)(=O)C2)c1C. The molecule has 1 aromatic heterocycles. The molecule has 112 valence electrons. The molecule has 5 nitrogen and oxygen atoms in total. The van der Waals surface area contributed by atoms with E-state index in [1.54, 1.807) is 11.9 Å². The summed E-state index contributed by atoms with van der Waals surface area (Å²) >= 11 is 0. The lowest BCUT2D eigenvalue weighted by Gasteiger charge is -2.23. The Morgan fingerprint density at radius 3 is 2.55 bits per heavy atom. The maximum Gasteiger partial charge on any atom is 0.255 e. The van der Waals surface area contributed by atoms with E-state index < -0.39 is 9.84 Å². The highest BCUT2D eigenvalue weighted by molar-refractivity contribution is 7.91. The van der Waals surface area contributed by atoms with E-state index in [1.165, 1.54) is 0 Å². The highest BCUT2D eigenvalue weighted by atomic mass is 32.2. The Bertz CT molecular complexity index is 631. The van der Waals surface area contributed by atoms with Crippen molar-refractivity contribution in [2.45, 2.75) is 39.8 Å². The first kappa shape index (κ1) is 15.1. The molecule has 0 N–H and O–H groups in total. The number of sulfone groups is 1. The van der Waals surface area contributed by atoms with Crippen molar-refractivity contribution in [1.82, 2.24) is 9.47 Å². The van der Waals surface area contributed by atoms with Crippen molar-refractivity contribution in [2.24, 2.45) is 0 Å². The number of aromatic nitrogens is 1. The maximum atomic E-state index is 12.6.